The van der Waals surface area contributed by atoms with E-state index in [1.165, 1.54) is 7.11 Å². The highest BCUT2D eigenvalue weighted by Gasteiger charge is 2.43. The first-order valence-electron chi connectivity index (χ1n) is 21.5. The van der Waals surface area contributed by atoms with E-state index < -0.39 is 25.9 Å². The van der Waals surface area contributed by atoms with Crippen molar-refractivity contribution in [1.29, 1.82) is 0 Å². The van der Waals surface area contributed by atoms with Crippen molar-refractivity contribution in [2.45, 2.75) is 69.5 Å². The Hall–Kier alpha value is -6.69. The summed E-state index contributed by atoms with van der Waals surface area (Å²) in [6, 6.07) is 54.3. The summed E-state index contributed by atoms with van der Waals surface area (Å²) in [6.07, 6.45) is 0.446. The molecule has 320 valence electrons. The minimum atomic E-state index is -2.04. The molecule has 1 saturated heterocycles. The lowest BCUT2D eigenvalue weighted by Gasteiger charge is -2.36. The quantitative estimate of drug-likeness (QED) is 0.0694. The van der Waals surface area contributed by atoms with Crippen molar-refractivity contribution < 1.29 is 18.8 Å². The summed E-state index contributed by atoms with van der Waals surface area (Å²) in [6.45, 7) is 11.9. The normalized spacial score (nSPS) is 15.6. The van der Waals surface area contributed by atoms with Crippen LogP contribution in [0.25, 0.3) is 22.5 Å². The van der Waals surface area contributed by atoms with Gasteiger partial charge in [0.15, 0.2) is 5.82 Å². The van der Waals surface area contributed by atoms with Crippen molar-refractivity contribution in [2.24, 2.45) is 0 Å². The second kappa shape index (κ2) is 18.0. The summed E-state index contributed by atoms with van der Waals surface area (Å²) >= 11 is 0. The van der Waals surface area contributed by atoms with Crippen LogP contribution in [0.1, 0.15) is 59.8 Å². The Labute approximate surface area is 371 Å². The zero-order chi connectivity index (χ0) is 44.2. The van der Waals surface area contributed by atoms with E-state index in [2.05, 4.69) is 154 Å². The van der Waals surface area contributed by atoms with Crippen LogP contribution < -0.4 is 9.74 Å². The number of carbonyl (C=O) groups excluding carboxylic acids is 2. The predicted octanol–water partition coefficient (Wildman–Crippen LogP) is 9.78. The maximum absolute atomic E-state index is 13.9. The highest BCUT2D eigenvalue weighted by Crippen LogP contribution is 2.43. The fourth-order valence-electron chi connectivity index (χ4n) is 8.33. The highest BCUT2D eigenvalue weighted by molar-refractivity contribution is 6.74. The van der Waals surface area contributed by atoms with Gasteiger partial charge in [0, 0.05) is 30.3 Å². The third kappa shape index (κ3) is 8.58. The number of nitrogens with one attached hydrogen (secondary N) is 1. The molecule has 8 rings (SSSR count). The molecule has 2 atom stereocenters. The Morgan fingerprint density at radius 3 is 1.79 bits per heavy atom. The SMILES string of the molecule is COC(=O)[C@@H]1C[C@H](NCc2ccc(-c3ccccc3-c3nnnn3C(c3ccccc3)(c3ccccc3)c3ccccc3)cc2)CN1C(=O)c1ccc(O[Si](C)(C)C(C)(C)C)cc1. The zero-order valence-electron chi connectivity index (χ0n) is 36.7. The van der Waals surface area contributed by atoms with Gasteiger partial charge in [0.2, 0.25) is 8.32 Å². The van der Waals surface area contributed by atoms with Crippen molar-refractivity contribution in [3.05, 3.63) is 192 Å². The number of ether oxygens (including phenoxy) is 1. The van der Waals surface area contributed by atoms with E-state index in [-0.39, 0.29) is 17.0 Å². The molecule has 7 aromatic rings. The molecule has 1 aliphatic heterocycles. The lowest BCUT2D eigenvalue weighted by atomic mass is 9.77. The number of methoxy groups -OCH3 is 1. The van der Waals surface area contributed by atoms with E-state index >= 15 is 0 Å². The molecule has 0 radical (unpaired) electrons. The number of esters is 1. The molecule has 1 N–H and O–H groups in total. The van der Waals surface area contributed by atoms with Gasteiger partial charge < -0.3 is 19.4 Å². The van der Waals surface area contributed by atoms with Gasteiger partial charge in [-0.2, -0.15) is 0 Å². The van der Waals surface area contributed by atoms with Crippen LogP contribution in [0.2, 0.25) is 18.1 Å². The molecule has 1 amide bonds. The molecule has 10 nitrogen and oxygen atoms in total. The molecule has 1 aliphatic rings. The molecular weight excluding hydrogens is 801 g/mol. The second-order valence-electron chi connectivity index (χ2n) is 17.7. The Balaban J connectivity index is 1.03. The van der Waals surface area contributed by atoms with E-state index in [9.17, 15) is 9.59 Å². The van der Waals surface area contributed by atoms with Crippen molar-refractivity contribution in [1.82, 2.24) is 30.4 Å². The summed E-state index contributed by atoms with van der Waals surface area (Å²) < 4.78 is 13.6. The third-order valence-electron chi connectivity index (χ3n) is 12.7. The van der Waals surface area contributed by atoms with Crippen molar-refractivity contribution in [2.75, 3.05) is 13.7 Å². The van der Waals surface area contributed by atoms with Crippen molar-refractivity contribution in [3.63, 3.8) is 0 Å². The molecule has 0 bridgehead atoms. The van der Waals surface area contributed by atoms with Crippen molar-refractivity contribution >= 4 is 20.2 Å². The highest BCUT2D eigenvalue weighted by atomic mass is 28.4. The van der Waals surface area contributed by atoms with Crippen LogP contribution in [0.15, 0.2) is 164 Å². The minimum absolute atomic E-state index is 0.0464. The number of amides is 1. The van der Waals surface area contributed by atoms with E-state index in [1.54, 1.807) is 17.0 Å². The molecule has 63 heavy (non-hydrogen) atoms. The molecule has 6 aromatic carbocycles. The van der Waals surface area contributed by atoms with Crippen LogP contribution in [0.4, 0.5) is 0 Å². The summed E-state index contributed by atoms with van der Waals surface area (Å²) in [5, 5.41) is 17.5. The maximum Gasteiger partial charge on any atom is 0.328 e. The third-order valence-corrected chi connectivity index (χ3v) is 17.1. The molecule has 11 heteroatoms. The fraction of sp³-hybridized carbons (Fsp3) is 0.250. The maximum atomic E-state index is 13.9. The fourth-order valence-corrected chi connectivity index (χ4v) is 9.36. The molecular formula is C52H54N6O4Si. The van der Waals surface area contributed by atoms with Gasteiger partial charge in [-0.1, -0.05) is 160 Å². The number of rotatable bonds is 13. The largest absolute Gasteiger partial charge is 0.544 e. The summed E-state index contributed by atoms with van der Waals surface area (Å²) in [5.74, 6) is 0.739. The summed E-state index contributed by atoms with van der Waals surface area (Å²) in [5.41, 5.74) is 6.65. The molecule has 2 heterocycles. The van der Waals surface area contributed by atoms with Crippen LogP contribution in [0.3, 0.4) is 0 Å². The Morgan fingerprint density at radius 1 is 0.714 bits per heavy atom. The van der Waals surface area contributed by atoms with Gasteiger partial charge in [-0.25, -0.2) is 9.48 Å². The topological polar surface area (TPSA) is 111 Å². The molecule has 1 fully saturated rings. The predicted molar refractivity (Wildman–Crippen MR) is 250 cm³/mol. The first-order valence-corrected chi connectivity index (χ1v) is 24.4. The van der Waals surface area contributed by atoms with Gasteiger partial charge in [-0.3, -0.25) is 4.79 Å². The van der Waals surface area contributed by atoms with E-state index in [4.69, 9.17) is 19.5 Å². The van der Waals surface area contributed by atoms with Gasteiger partial charge in [-0.15, -0.1) is 5.10 Å². The van der Waals surface area contributed by atoms with Crippen LogP contribution in [-0.2, 0) is 21.6 Å². The Bertz CT molecular complexity index is 2550. The zero-order valence-corrected chi connectivity index (χ0v) is 37.7. The first kappa shape index (κ1) is 43.0. The average Bonchev–Trinajstić information content (AvgIpc) is 3.98. The summed E-state index contributed by atoms with van der Waals surface area (Å²) in [4.78, 5) is 28.5. The summed E-state index contributed by atoms with van der Waals surface area (Å²) in [7, 11) is -0.675. The number of tetrazole rings is 1. The van der Waals surface area contributed by atoms with Gasteiger partial charge in [0.25, 0.3) is 5.91 Å². The Morgan fingerprint density at radius 2 is 1.25 bits per heavy atom. The monoisotopic (exact) mass is 854 g/mol. The molecule has 0 saturated carbocycles. The van der Waals surface area contributed by atoms with Crippen LogP contribution in [-0.4, -0.2) is 71.0 Å². The number of likely N-dealkylation sites (tertiary alicyclic amines) is 1. The number of hydrogen-bond acceptors (Lipinski definition) is 8. The van der Waals surface area contributed by atoms with Crippen LogP contribution >= 0.6 is 0 Å². The lowest BCUT2D eigenvalue weighted by Crippen LogP contribution is -2.43. The van der Waals surface area contributed by atoms with Crippen LogP contribution in [0.5, 0.6) is 5.75 Å². The van der Waals surface area contributed by atoms with E-state index in [1.807, 2.05) is 47.1 Å². The van der Waals surface area contributed by atoms with E-state index in [0.29, 0.717) is 30.9 Å². The number of aromatic nitrogens is 4. The number of nitrogens with zero attached hydrogens (tertiary/aromatic N) is 5. The van der Waals surface area contributed by atoms with Gasteiger partial charge in [0.05, 0.1) is 7.11 Å². The first-order chi connectivity index (χ1) is 30.4. The minimum Gasteiger partial charge on any atom is -0.544 e. The van der Waals surface area contributed by atoms with Crippen LogP contribution in [0, 0.1) is 0 Å². The Kier molecular flexibility index (Phi) is 12.2. The average molecular weight is 855 g/mol. The second-order valence-corrected chi connectivity index (χ2v) is 22.4. The number of benzene rings is 6. The van der Waals surface area contributed by atoms with E-state index in [0.717, 1.165) is 44.7 Å². The molecule has 1 aromatic heterocycles. The standard InChI is InChI=1S/C52H54N6O4Si/c1-51(2,3)63(5,6)62-44-32-30-39(31-33-44)49(59)57-36-43(34-47(57)50(60)61-4)53-35-37-26-28-38(29-27-37)45-24-16-17-25-46(45)48-54-55-56-58(48)52(40-18-10-7-11-19-40,41-20-12-8-13-21-41)42-22-14-9-15-23-42/h7-33,43,47,53H,34-36H2,1-6H3/t43-,47-/m0/s1. The smallest absolute Gasteiger partial charge is 0.328 e. The molecule has 0 aliphatic carbocycles. The lowest BCUT2D eigenvalue weighted by molar-refractivity contribution is -0.145. The number of carbonyl (C=O) groups is 2. The van der Waals surface area contributed by atoms with Crippen molar-refractivity contribution in [3.8, 4) is 28.3 Å². The van der Waals surface area contributed by atoms with Gasteiger partial charge >= 0.3 is 5.97 Å². The molecule has 0 spiro atoms. The molecule has 0 unspecified atom stereocenters. The van der Waals surface area contributed by atoms with Gasteiger partial charge in [-0.05, 0) is 92.6 Å². The number of hydrogen-bond donors (Lipinski definition) is 1. The van der Waals surface area contributed by atoms with Gasteiger partial charge in [0.1, 0.15) is 17.3 Å².